The molecule has 3 aromatic carbocycles. The molecule has 3 N–H and O–H groups in total. The van der Waals surface area contributed by atoms with Gasteiger partial charge in [-0.15, -0.1) is 0 Å². The summed E-state index contributed by atoms with van der Waals surface area (Å²) in [6, 6.07) is 20.8. The number of carbonyl (C=O) groups excluding carboxylic acids is 3. The Morgan fingerprint density at radius 1 is 0.923 bits per heavy atom. The first-order chi connectivity index (χ1) is 18.5. The van der Waals surface area contributed by atoms with E-state index in [0.29, 0.717) is 5.69 Å². The smallest absolute Gasteiger partial charge is 0.408 e. The van der Waals surface area contributed by atoms with Crippen LogP contribution in [0.1, 0.15) is 50.4 Å². The highest BCUT2D eigenvalue weighted by Gasteiger charge is 2.37. The van der Waals surface area contributed by atoms with Crippen molar-refractivity contribution in [3.63, 3.8) is 0 Å². The number of rotatable bonds is 9. The summed E-state index contributed by atoms with van der Waals surface area (Å²) in [5.74, 6) is -1.09. The molecule has 3 amide bonds. The number of likely N-dealkylation sites (N-methyl/N-ethyl adjacent to an activating group) is 1. The standard InChI is InChI=1S/C31H37N3O5/c1-6-34(29(37)25(20-22-15-8-7-9-16-22)33-30(38)39-31(3,4)5)27(23-17-11-13-19-26(23)35)28(36)32-24-18-12-10-14-21(24)2/h7-19,25,27,35H,6,20H2,1-5H3,(H,32,36)(H,33,38). The number of para-hydroxylation sites is 2. The van der Waals surface area contributed by atoms with Gasteiger partial charge in [0.05, 0.1) is 0 Å². The quantitative estimate of drug-likeness (QED) is 0.344. The monoisotopic (exact) mass is 531 g/mol. The largest absolute Gasteiger partial charge is 0.508 e. The Morgan fingerprint density at radius 3 is 2.15 bits per heavy atom. The number of hydrogen-bond donors (Lipinski definition) is 3. The Bertz CT molecular complexity index is 1290. The number of anilines is 1. The van der Waals surface area contributed by atoms with E-state index in [9.17, 15) is 19.5 Å². The molecule has 3 aromatic rings. The van der Waals surface area contributed by atoms with Gasteiger partial charge in [-0.3, -0.25) is 9.59 Å². The van der Waals surface area contributed by atoms with E-state index < -0.39 is 35.6 Å². The molecule has 206 valence electrons. The van der Waals surface area contributed by atoms with Gasteiger partial charge in [0.1, 0.15) is 23.4 Å². The average Bonchev–Trinajstić information content (AvgIpc) is 2.88. The van der Waals surface area contributed by atoms with Crippen LogP contribution >= 0.6 is 0 Å². The first-order valence-corrected chi connectivity index (χ1v) is 13.0. The van der Waals surface area contributed by atoms with Crippen LogP contribution in [0.5, 0.6) is 5.75 Å². The van der Waals surface area contributed by atoms with E-state index in [-0.39, 0.29) is 24.3 Å². The van der Waals surface area contributed by atoms with Crippen molar-refractivity contribution in [2.24, 2.45) is 0 Å². The zero-order valence-corrected chi connectivity index (χ0v) is 23.1. The van der Waals surface area contributed by atoms with E-state index in [2.05, 4.69) is 10.6 Å². The fourth-order valence-corrected chi connectivity index (χ4v) is 4.25. The number of ether oxygens (including phenoxy) is 1. The lowest BCUT2D eigenvalue weighted by molar-refractivity contribution is -0.140. The fraction of sp³-hybridized carbons (Fsp3) is 0.323. The number of aromatic hydroxyl groups is 1. The van der Waals surface area contributed by atoms with Crippen molar-refractivity contribution in [2.45, 2.75) is 58.7 Å². The van der Waals surface area contributed by atoms with Gasteiger partial charge < -0.3 is 25.4 Å². The molecule has 8 heteroatoms. The zero-order valence-electron chi connectivity index (χ0n) is 23.1. The fourth-order valence-electron chi connectivity index (χ4n) is 4.25. The first-order valence-electron chi connectivity index (χ1n) is 13.0. The minimum absolute atomic E-state index is 0.117. The van der Waals surface area contributed by atoms with Crippen molar-refractivity contribution in [1.82, 2.24) is 10.2 Å². The van der Waals surface area contributed by atoms with Crippen molar-refractivity contribution >= 4 is 23.6 Å². The summed E-state index contributed by atoms with van der Waals surface area (Å²) in [6.07, 6.45) is -0.557. The SMILES string of the molecule is CCN(C(=O)C(Cc1ccccc1)NC(=O)OC(C)(C)C)C(C(=O)Nc1ccccc1C)c1ccccc1O. The van der Waals surface area contributed by atoms with Crippen molar-refractivity contribution in [3.05, 3.63) is 95.6 Å². The highest BCUT2D eigenvalue weighted by Crippen LogP contribution is 2.31. The molecule has 0 aliphatic rings. The molecule has 0 fully saturated rings. The zero-order chi connectivity index (χ0) is 28.6. The van der Waals surface area contributed by atoms with Crippen LogP contribution < -0.4 is 10.6 Å². The molecule has 39 heavy (non-hydrogen) atoms. The second-order valence-corrected chi connectivity index (χ2v) is 10.3. The molecule has 0 heterocycles. The summed E-state index contributed by atoms with van der Waals surface area (Å²) in [7, 11) is 0. The molecule has 0 saturated heterocycles. The summed E-state index contributed by atoms with van der Waals surface area (Å²) in [6.45, 7) is 8.97. The van der Waals surface area contributed by atoms with E-state index in [4.69, 9.17) is 4.74 Å². The topological polar surface area (TPSA) is 108 Å². The molecule has 0 aliphatic heterocycles. The Labute approximate surface area is 230 Å². The third-order valence-corrected chi connectivity index (χ3v) is 6.09. The van der Waals surface area contributed by atoms with E-state index in [1.807, 2.05) is 49.4 Å². The van der Waals surface area contributed by atoms with Gasteiger partial charge in [-0.1, -0.05) is 66.7 Å². The van der Waals surface area contributed by atoms with Gasteiger partial charge in [0.15, 0.2) is 0 Å². The lowest BCUT2D eigenvalue weighted by Crippen LogP contribution is -2.53. The lowest BCUT2D eigenvalue weighted by Gasteiger charge is -2.34. The molecular formula is C31H37N3O5. The maximum atomic E-state index is 14.1. The maximum absolute atomic E-state index is 14.1. The van der Waals surface area contributed by atoms with Crippen LogP contribution in [0, 0.1) is 6.92 Å². The summed E-state index contributed by atoms with van der Waals surface area (Å²) in [5, 5.41) is 16.3. The third kappa shape index (κ3) is 8.07. The number of benzene rings is 3. The molecule has 0 aliphatic carbocycles. The van der Waals surface area contributed by atoms with E-state index in [1.165, 1.54) is 11.0 Å². The van der Waals surface area contributed by atoms with Crippen LogP contribution in [0.25, 0.3) is 0 Å². The summed E-state index contributed by atoms with van der Waals surface area (Å²) >= 11 is 0. The number of nitrogens with zero attached hydrogens (tertiary/aromatic N) is 1. The van der Waals surface area contributed by atoms with Gasteiger partial charge in [-0.05, 0) is 57.9 Å². The van der Waals surface area contributed by atoms with Crippen LogP contribution in [0.4, 0.5) is 10.5 Å². The number of carbonyl (C=O) groups is 3. The molecular weight excluding hydrogens is 494 g/mol. The minimum atomic E-state index is -1.16. The van der Waals surface area contributed by atoms with E-state index >= 15 is 0 Å². The Kier molecular flexibility index (Phi) is 9.71. The number of phenols is 1. The number of amides is 3. The molecule has 3 rings (SSSR count). The minimum Gasteiger partial charge on any atom is -0.508 e. The highest BCUT2D eigenvalue weighted by molar-refractivity contribution is 5.99. The molecule has 0 aromatic heterocycles. The maximum Gasteiger partial charge on any atom is 0.408 e. The van der Waals surface area contributed by atoms with Gasteiger partial charge in [-0.25, -0.2) is 4.79 Å². The molecule has 0 radical (unpaired) electrons. The molecule has 0 spiro atoms. The number of alkyl carbamates (subject to hydrolysis) is 1. The van der Waals surface area contributed by atoms with Crippen molar-refractivity contribution < 1.29 is 24.2 Å². The van der Waals surface area contributed by atoms with Gasteiger partial charge in [0.25, 0.3) is 5.91 Å². The summed E-state index contributed by atoms with van der Waals surface area (Å²) in [4.78, 5) is 42.0. The average molecular weight is 532 g/mol. The Morgan fingerprint density at radius 2 is 1.54 bits per heavy atom. The van der Waals surface area contributed by atoms with Gasteiger partial charge in [0.2, 0.25) is 5.91 Å². The predicted molar refractivity (Wildman–Crippen MR) is 151 cm³/mol. The molecule has 0 saturated carbocycles. The highest BCUT2D eigenvalue weighted by atomic mass is 16.6. The van der Waals surface area contributed by atoms with Gasteiger partial charge in [0, 0.05) is 24.2 Å². The molecule has 8 nitrogen and oxygen atoms in total. The van der Waals surface area contributed by atoms with E-state index in [0.717, 1.165) is 11.1 Å². The number of aryl methyl sites for hydroxylation is 1. The molecule has 2 atom stereocenters. The van der Waals surface area contributed by atoms with Crippen molar-refractivity contribution in [3.8, 4) is 5.75 Å². The van der Waals surface area contributed by atoms with Crippen LogP contribution in [-0.2, 0) is 20.7 Å². The molecule has 0 bridgehead atoms. The normalized spacial score (nSPS) is 12.6. The lowest BCUT2D eigenvalue weighted by atomic mass is 9.99. The van der Waals surface area contributed by atoms with Gasteiger partial charge in [-0.2, -0.15) is 0 Å². The Hall–Kier alpha value is -4.33. The summed E-state index contributed by atoms with van der Waals surface area (Å²) in [5.41, 5.74) is 1.78. The number of nitrogens with one attached hydrogen (secondary N) is 2. The van der Waals surface area contributed by atoms with Gasteiger partial charge >= 0.3 is 6.09 Å². The van der Waals surface area contributed by atoms with Crippen LogP contribution in [0.3, 0.4) is 0 Å². The number of hydrogen-bond acceptors (Lipinski definition) is 5. The second kappa shape index (κ2) is 13.0. The Balaban J connectivity index is 2.01. The predicted octanol–water partition coefficient (Wildman–Crippen LogP) is 5.36. The summed E-state index contributed by atoms with van der Waals surface area (Å²) < 4.78 is 5.43. The van der Waals surface area contributed by atoms with Crippen molar-refractivity contribution in [2.75, 3.05) is 11.9 Å². The van der Waals surface area contributed by atoms with Crippen molar-refractivity contribution in [1.29, 1.82) is 0 Å². The third-order valence-electron chi connectivity index (χ3n) is 6.09. The van der Waals surface area contributed by atoms with Crippen LogP contribution in [0.15, 0.2) is 78.9 Å². The second-order valence-electron chi connectivity index (χ2n) is 10.3. The van der Waals surface area contributed by atoms with E-state index in [1.54, 1.807) is 58.0 Å². The number of phenolic OH excluding ortho intramolecular Hbond substituents is 1. The molecule has 2 unspecified atom stereocenters. The van der Waals surface area contributed by atoms with Crippen LogP contribution in [0.2, 0.25) is 0 Å². The first kappa shape index (κ1) is 29.2. The van der Waals surface area contributed by atoms with Crippen LogP contribution in [-0.4, -0.2) is 46.1 Å².